The smallest absolute Gasteiger partial charge is 0.240 e. The van der Waals surface area contributed by atoms with E-state index in [9.17, 15) is 8.42 Å². The molecule has 0 radical (unpaired) electrons. The fourth-order valence-electron chi connectivity index (χ4n) is 1.85. The third kappa shape index (κ3) is 4.58. The largest absolute Gasteiger partial charge is 0.310 e. The average Bonchev–Trinajstić information content (AvgIpc) is 3.27. The second-order valence-corrected chi connectivity index (χ2v) is 7.43. The molecule has 1 aromatic carbocycles. The van der Waals surface area contributed by atoms with Gasteiger partial charge in [-0.05, 0) is 36.5 Å². The molecule has 1 aliphatic rings. The van der Waals surface area contributed by atoms with Crippen LogP contribution < -0.4 is 10.0 Å². The van der Waals surface area contributed by atoms with Crippen LogP contribution in [-0.4, -0.2) is 21.0 Å². The summed E-state index contributed by atoms with van der Waals surface area (Å²) in [6.07, 6.45) is 3.43. The highest BCUT2D eigenvalue weighted by molar-refractivity contribution is 7.89. The van der Waals surface area contributed by atoms with Gasteiger partial charge in [-0.2, -0.15) is 0 Å². The molecule has 0 saturated heterocycles. The van der Waals surface area contributed by atoms with Gasteiger partial charge in [0.15, 0.2) is 0 Å². The van der Waals surface area contributed by atoms with E-state index in [1.165, 1.54) is 12.8 Å². The first-order chi connectivity index (χ1) is 9.51. The first-order valence-corrected chi connectivity index (χ1v) is 8.81. The summed E-state index contributed by atoms with van der Waals surface area (Å²) in [5.74, 6) is 0.351. The molecular weight excluding hydrogens is 272 g/mol. The molecule has 1 atom stereocenters. The van der Waals surface area contributed by atoms with Crippen LogP contribution in [0.5, 0.6) is 0 Å². The summed E-state index contributed by atoms with van der Waals surface area (Å²) in [6, 6.07) is 7.80. The SMILES string of the molecule is CCC(C)CNS(=O)(=O)c1cccc(CNC2CC2)c1. The molecule has 112 valence electrons. The molecule has 0 aliphatic heterocycles. The van der Waals surface area contributed by atoms with Crippen LogP contribution in [0.15, 0.2) is 29.2 Å². The molecule has 20 heavy (non-hydrogen) atoms. The minimum atomic E-state index is -3.39. The van der Waals surface area contributed by atoms with Crippen molar-refractivity contribution < 1.29 is 8.42 Å². The third-order valence-corrected chi connectivity index (χ3v) is 5.12. The van der Waals surface area contributed by atoms with Crippen LogP contribution in [0.25, 0.3) is 0 Å². The maximum Gasteiger partial charge on any atom is 0.240 e. The molecule has 1 unspecified atom stereocenters. The van der Waals surface area contributed by atoms with Crippen molar-refractivity contribution in [3.63, 3.8) is 0 Å². The van der Waals surface area contributed by atoms with Crippen molar-refractivity contribution in [1.82, 2.24) is 10.0 Å². The Kier molecular flexibility index (Phi) is 5.18. The van der Waals surface area contributed by atoms with Crippen molar-refractivity contribution in [1.29, 1.82) is 0 Å². The van der Waals surface area contributed by atoms with Gasteiger partial charge < -0.3 is 5.32 Å². The number of hydrogen-bond acceptors (Lipinski definition) is 3. The van der Waals surface area contributed by atoms with E-state index >= 15 is 0 Å². The Morgan fingerprint density at radius 1 is 1.35 bits per heavy atom. The van der Waals surface area contributed by atoms with Crippen molar-refractivity contribution in [3.8, 4) is 0 Å². The van der Waals surface area contributed by atoms with Gasteiger partial charge in [-0.15, -0.1) is 0 Å². The van der Waals surface area contributed by atoms with E-state index in [0.717, 1.165) is 18.5 Å². The van der Waals surface area contributed by atoms with E-state index < -0.39 is 10.0 Å². The van der Waals surface area contributed by atoms with E-state index in [-0.39, 0.29) is 0 Å². The lowest BCUT2D eigenvalue weighted by Crippen LogP contribution is -2.28. The molecule has 0 heterocycles. The summed E-state index contributed by atoms with van der Waals surface area (Å²) in [4.78, 5) is 0.357. The molecule has 0 amide bonds. The topological polar surface area (TPSA) is 58.2 Å². The van der Waals surface area contributed by atoms with Crippen LogP contribution in [0.2, 0.25) is 0 Å². The zero-order valence-corrected chi connectivity index (χ0v) is 13.0. The minimum Gasteiger partial charge on any atom is -0.310 e. The van der Waals surface area contributed by atoms with Gasteiger partial charge in [-0.25, -0.2) is 13.1 Å². The van der Waals surface area contributed by atoms with Crippen LogP contribution in [0.4, 0.5) is 0 Å². The van der Waals surface area contributed by atoms with E-state index in [0.29, 0.717) is 23.4 Å². The van der Waals surface area contributed by atoms with E-state index in [2.05, 4.69) is 17.0 Å². The molecule has 0 spiro atoms. The third-order valence-electron chi connectivity index (χ3n) is 3.70. The van der Waals surface area contributed by atoms with E-state index in [4.69, 9.17) is 0 Å². The molecule has 1 aromatic rings. The van der Waals surface area contributed by atoms with Gasteiger partial charge in [-0.1, -0.05) is 32.4 Å². The molecule has 4 nitrogen and oxygen atoms in total. The molecule has 5 heteroatoms. The second kappa shape index (κ2) is 6.70. The van der Waals surface area contributed by atoms with Crippen LogP contribution in [0.3, 0.4) is 0 Å². The predicted molar refractivity (Wildman–Crippen MR) is 80.9 cm³/mol. The van der Waals surface area contributed by atoms with Crippen molar-refractivity contribution >= 4 is 10.0 Å². The fourth-order valence-corrected chi connectivity index (χ4v) is 3.09. The summed E-state index contributed by atoms with van der Waals surface area (Å²) in [5, 5.41) is 3.40. The van der Waals surface area contributed by atoms with Gasteiger partial charge in [0.2, 0.25) is 10.0 Å². The second-order valence-electron chi connectivity index (χ2n) is 5.67. The zero-order valence-electron chi connectivity index (χ0n) is 12.2. The number of rotatable bonds is 8. The Bertz CT molecular complexity index is 539. The molecule has 2 N–H and O–H groups in total. The maximum atomic E-state index is 12.2. The van der Waals surface area contributed by atoms with Crippen molar-refractivity contribution in [3.05, 3.63) is 29.8 Å². The van der Waals surface area contributed by atoms with Crippen molar-refractivity contribution in [2.24, 2.45) is 5.92 Å². The first-order valence-electron chi connectivity index (χ1n) is 7.33. The van der Waals surface area contributed by atoms with Gasteiger partial charge in [-0.3, -0.25) is 0 Å². The van der Waals surface area contributed by atoms with E-state index in [1.54, 1.807) is 12.1 Å². The Morgan fingerprint density at radius 3 is 2.75 bits per heavy atom. The fraction of sp³-hybridized carbons (Fsp3) is 0.600. The number of nitrogens with one attached hydrogen (secondary N) is 2. The molecular formula is C15H24N2O2S. The Labute approximate surface area is 122 Å². The van der Waals surface area contributed by atoms with Gasteiger partial charge in [0, 0.05) is 19.1 Å². The highest BCUT2D eigenvalue weighted by Gasteiger charge is 2.20. The summed E-state index contributed by atoms with van der Waals surface area (Å²) in [6.45, 7) is 5.32. The van der Waals surface area contributed by atoms with Gasteiger partial charge in [0.1, 0.15) is 0 Å². The monoisotopic (exact) mass is 296 g/mol. The normalized spacial score (nSPS) is 17.1. The van der Waals surface area contributed by atoms with Crippen LogP contribution in [0, 0.1) is 5.92 Å². The molecule has 1 aliphatic carbocycles. The highest BCUT2D eigenvalue weighted by Crippen LogP contribution is 2.20. The predicted octanol–water partition coefficient (Wildman–Crippen LogP) is 2.26. The van der Waals surface area contributed by atoms with Gasteiger partial charge >= 0.3 is 0 Å². The van der Waals surface area contributed by atoms with Gasteiger partial charge in [0.25, 0.3) is 0 Å². The molecule has 2 rings (SSSR count). The molecule has 1 fully saturated rings. The van der Waals surface area contributed by atoms with Crippen molar-refractivity contribution in [2.75, 3.05) is 6.54 Å². The highest BCUT2D eigenvalue weighted by atomic mass is 32.2. The van der Waals surface area contributed by atoms with Crippen LogP contribution in [0.1, 0.15) is 38.7 Å². The Balaban J connectivity index is 2.00. The summed E-state index contributed by atoms with van der Waals surface area (Å²) in [5.41, 5.74) is 1.02. The molecule has 0 bridgehead atoms. The van der Waals surface area contributed by atoms with Gasteiger partial charge in [0.05, 0.1) is 4.90 Å². The van der Waals surface area contributed by atoms with Crippen LogP contribution in [-0.2, 0) is 16.6 Å². The van der Waals surface area contributed by atoms with E-state index in [1.807, 2.05) is 19.1 Å². The lowest BCUT2D eigenvalue weighted by Gasteiger charge is -2.12. The summed E-state index contributed by atoms with van der Waals surface area (Å²) < 4.78 is 27.1. The number of hydrogen-bond donors (Lipinski definition) is 2. The summed E-state index contributed by atoms with van der Waals surface area (Å²) in [7, 11) is -3.39. The Morgan fingerprint density at radius 2 is 2.10 bits per heavy atom. The first kappa shape index (κ1) is 15.5. The quantitative estimate of drug-likeness (QED) is 0.773. The Hall–Kier alpha value is -0.910. The standard InChI is InChI=1S/C15H24N2O2S/c1-3-12(2)10-17-20(18,19)15-6-4-5-13(9-15)11-16-14-7-8-14/h4-6,9,12,14,16-17H,3,7-8,10-11H2,1-2H3. The minimum absolute atomic E-state index is 0.351. The van der Waals surface area contributed by atoms with Crippen molar-refractivity contribution in [2.45, 2.75) is 50.6 Å². The average molecular weight is 296 g/mol. The van der Waals surface area contributed by atoms with Crippen LogP contribution >= 0.6 is 0 Å². The molecule has 0 aromatic heterocycles. The number of benzene rings is 1. The number of sulfonamides is 1. The lowest BCUT2D eigenvalue weighted by atomic mass is 10.1. The summed E-state index contributed by atoms with van der Waals surface area (Å²) >= 11 is 0. The lowest BCUT2D eigenvalue weighted by molar-refractivity contribution is 0.528. The zero-order chi connectivity index (χ0) is 14.6. The molecule has 1 saturated carbocycles. The maximum absolute atomic E-state index is 12.2.